The second-order valence-electron chi connectivity index (χ2n) is 4.36. The lowest BCUT2D eigenvalue weighted by atomic mass is 10.1. The number of carbonyl (C=O) groups excluding carboxylic acids is 1. The number of rotatable bonds is 2. The van der Waals surface area contributed by atoms with Crippen LogP contribution in [-0.4, -0.2) is 39.3 Å². The maximum atomic E-state index is 12.3. The van der Waals surface area contributed by atoms with Gasteiger partial charge in [-0.15, -0.1) is 0 Å². The molecular weight excluding hydrogens is 244 g/mol. The van der Waals surface area contributed by atoms with Crippen LogP contribution in [0.15, 0.2) is 30.6 Å². The number of aromatic amines is 1. The number of nitrogens with one attached hydrogen (secondary N) is 1. The standard InChI is InChI=1S/C13H14N4O2/c18-13(17-6-1-2-7-19-17)11-5-3-4-10(8-11)12-14-9-15-16-12/h3-5,8-9H,1-2,6-7H2,(H,14,15,16). The van der Waals surface area contributed by atoms with Crippen molar-refractivity contribution >= 4 is 5.91 Å². The molecule has 0 unspecified atom stereocenters. The van der Waals surface area contributed by atoms with Crippen LogP contribution in [0.4, 0.5) is 0 Å². The molecule has 1 aliphatic rings. The lowest BCUT2D eigenvalue weighted by molar-refractivity contribution is -0.144. The number of hydroxylamine groups is 2. The molecule has 1 aromatic heterocycles. The highest BCUT2D eigenvalue weighted by atomic mass is 16.7. The molecule has 1 amide bonds. The number of H-pyrrole nitrogens is 1. The summed E-state index contributed by atoms with van der Waals surface area (Å²) in [4.78, 5) is 21.7. The molecule has 6 heteroatoms. The quantitative estimate of drug-likeness (QED) is 0.888. The molecule has 0 radical (unpaired) electrons. The van der Waals surface area contributed by atoms with Crippen molar-refractivity contribution in [2.24, 2.45) is 0 Å². The topological polar surface area (TPSA) is 71.1 Å². The van der Waals surface area contributed by atoms with Crippen LogP contribution in [0.2, 0.25) is 0 Å². The van der Waals surface area contributed by atoms with Gasteiger partial charge in [0.1, 0.15) is 6.33 Å². The highest BCUT2D eigenvalue weighted by molar-refractivity contribution is 5.94. The van der Waals surface area contributed by atoms with E-state index in [0.29, 0.717) is 24.5 Å². The van der Waals surface area contributed by atoms with E-state index < -0.39 is 0 Å². The van der Waals surface area contributed by atoms with Crippen molar-refractivity contribution in [3.63, 3.8) is 0 Å². The van der Waals surface area contributed by atoms with E-state index in [2.05, 4.69) is 15.2 Å². The maximum absolute atomic E-state index is 12.3. The molecule has 98 valence electrons. The summed E-state index contributed by atoms with van der Waals surface area (Å²) < 4.78 is 0. The summed E-state index contributed by atoms with van der Waals surface area (Å²) in [6.07, 6.45) is 3.42. The molecule has 3 rings (SSSR count). The molecule has 2 aromatic rings. The molecular formula is C13H14N4O2. The van der Waals surface area contributed by atoms with E-state index in [0.717, 1.165) is 18.4 Å². The van der Waals surface area contributed by atoms with Crippen molar-refractivity contribution in [2.75, 3.05) is 13.2 Å². The van der Waals surface area contributed by atoms with Gasteiger partial charge in [0.05, 0.1) is 6.61 Å². The predicted octanol–water partition coefficient (Wildman–Crippen LogP) is 1.64. The van der Waals surface area contributed by atoms with Crippen molar-refractivity contribution < 1.29 is 9.63 Å². The number of hydrogen-bond donors (Lipinski definition) is 1. The molecule has 0 atom stereocenters. The van der Waals surface area contributed by atoms with Crippen molar-refractivity contribution in [1.82, 2.24) is 20.2 Å². The molecule has 0 spiro atoms. The fraction of sp³-hybridized carbons (Fsp3) is 0.308. The van der Waals surface area contributed by atoms with Crippen molar-refractivity contribution in [2.45, 2.75) is 12.8 Å². The van der Waals surface area contributed by atoms with Crippen LogP contribution in [0.1, 0.15) is 23.2 Å². The van der Waals surface area contributed by atoms with Gasteiger partial charge < -0.3 is 0 Å². The summed E-state index contributed by atoms with van der Waals surface area (Å²) in [5.74, 6) is 0.537. The normalized spacial score (nSPS) is 15.5. The predicted molar refractivity (Wildman–Crippen MR) is 68.0 cm³/mol. The summed E-state index contributed by atoms with van der Waals surface area (Å²) in [6.45, 7) is 1.25. The molecule has 1 saturated heterocycles. The number of carbonyl (C=O) groups is 1. The molecule has 1 N–H and O–H groups in total. The van der Waals surface area contributed by atoms with Crippen molar-refractivity contribution in [3.8, 4) is 11.4 Å². The second kappa shape index (κ2) is 5.19. The fourth-order valence-electron chi connectivity index (χ4n) is 2.05. The van der Waals surface area contributed by atoms with Crippen LogP contribution in [0.5, 0.6) is 0 Å². The lowest BCUT2D eigenvalue weighted by Crippen LogP contribution is -2.35. The molecule has 0 bridgehead atoms. The van der Waals surface area contributed by atoms with E-state index in [-0.39, 0.29) is 5.91 Å². The summed E-state index contributed by atoms with van der Waals surface area (Å²) in [7, 11) is 0. The Kier molecular flexibility index (Phi) is 3.24. The Hall–Kier alpha value is -2.21. The van der Waals surface area contributed by atoms with Gasteiger partial charge in [-0.2, -0.15) is 5.10 Å². The smallest absolute Gasteiger partial charge is 0.271 e. The van der Waals surface area contributed by atoms with E-state index in [4.69, 9.17) is 4.84 Å². The first kappa shape index (κ1) is 11.9. The number of aromatic nitrogens is 3. The van der Waals surface area contributed by atoms with Crippen LogP contribution in [0.3, 0.4) is 0 Å². The minimum absolute atomic E-state index is 0.110. The zero-order valence-electron chi connectivity index (χ0n) is 10.4. The minimum atomic E-state index is -0.110. The Labute approximate surface area is 110 Å². The Morgan fingerprint density at radius 2 is 2.32 bits per heavy atom. The maximum Gasteiger partial charge on any atom is 0.277 e. The number of nitrogens with zero attached hydrogens (tertiary/aromatic N) is 3. The van der Waals surface area contributed by atoms with Crippen LogP contribution in [0.25, 0.3) is 11.4 Å². The molecule has 2 heterocycles. The molecule has 19 heavy (non-hydrogen) atoms. The van der Waals surface area contributed by atoms with E-state index in [1.54, 1.807) is 12.1 Å². The largest absolute Gasteiger partial charge is 0.277 e. The van der Waals surface area contributed by atoms with Gasteiger partial charge in [0.15, 0.2) is 5.82 Å². The fourth-order valence-corrected chi connectivity index (χ4v) is 2.05. The average molecular weight is 258 g/mol. The van der Waals surface area contributed by atoms with Gasteiger partial charge in [-0.25, -0.2) is 10.0 Å². The Morgan fingerprint density at radius 3 is 3.05 bits per heavy atom. The van der Waals surface area contributed by atoms with Gasteiger partial charge >= 0.3 is 0 Å². The molecule has 6 nitrogen and oxygen atoms in total. The van der Waals surface area contributed by atoms with E-state index in [1.165, 1.54) is 11.4 Å². The minimum Gasteiger partial charge on any atom is -0.271 e. The zero-order chi connectivity index (χ0) is 13.1. The van der Waals surface area contributed by atoms with Gasteiger partial charge in [0, 0.05) is 17.7 Å². The SMILES string of the molecule is O=C(c1cccc(-c2ncn[nH]2)c1)N1CCCCO1. The van der Waals surface area contributed by atoms with Crippen LogP contribution < -0.4 is 0 Å². The molecule has 1 aromatic carbocycles. The van der Waals surface area contributed by atoms with Crippen molar-refractivity contribution in [3.05, 3.63) is 36.2 Å². The van der Waals surface area contributed by atoms with E-state index in [1.807, 2.05) is 12.1 Å². The number of amides is 1. The summed E-state index contributed by atoms with van der Waals surface area (Å²) in [6, 6.07) is 7.28. The highest BCUT2D eigenvalue weighted by Crippen LogP contribution is 2.18. The van der Waals surface area contributed by atoms with E-state index in [9.17, 15) is 4.79 Å². The monoisotopic (exact) mass is 258 g/mol. The summed E-state index contributed by atoms with van der Waals surface area (Å²) >= 11 is 0. The first-order chi connectivity index (χ1) is 9.34. The first-order valence-corrected chi connectivity index (χ1v) is 6.25. The average Bonchev–Trinajstić information content (AvgIpc) is 3.02. The third kappa shape index (κ3) is 2.48. The lowest BCUT2D eigenvalue weighted by Gasteiger charge is -2.25. The van der Waals surface area contributed by atoms with Gasteiger partial charge in [0.2, 0.25) is 0 Å². The van der Waals surface area contributed by atoms with E-state index >= 15 is 0 Å². The number of hydrogen-bond acceptors (Lipinski definition) is 4. The van der Waals surface area contributed by atoms with Gasteiger partial charge in [-0.3, -0.25) is 14.7 Å². The highest BCUT2D eigenvalue weighted by Gasteiger charge is 2.19. The van der Waals surface area contributed by atoms with Crippen LogP contribution in [0, 0.1) is 0 Å². The van der Waals surface area contributed by atoms with Crippen molar-refractivity contribution in [1.29, 1.82) is 0 Å². The Morgan fingerprint density at radius 1 is 1.37 bits per heavy atom. The molecule has 1 fully saturated rings. The Balaban J connectivity index is 1.84. The van der Waals surface area contributed by atoms with Gasteiger partial charge in [-0.05, 0) is 25.0 Å². The second-order valence-corrected chi connectivity index (χ2v) is 4.36. The molecule has 0 saturated carbocycles. The molecule has 1 aliphatic heterocycles. The summed E-state index contributed by atoms with van der Waals surface area (Å²) in [5.41, 5.74) is 1.43. The van der Waals surface area contributed by atoms with Gasteiger partial charge in [0.25, 0.3) is 5.91 Å². The number of benzene rings is 1. The third-order valence-electron chi connectivity index (χ3n) is 3.03. The Bertz CT molecular complexity index is 562. The third-order valence-corrected chi connectivity index (χ3v) is 3.03. The van der Waals surface area contributed by atoms with Crippen LogP contribution in [-0.2, 0) is 4.84 Å². The van der Waals surface area contributed by atoms with Crippen LogP contribution >= 0.6 is 0 Å². The summed E-state index contributed by atoms with van der Waals surface area (Å²) in [5, 5.41) is 8.02. The van der Waals surface area contributed by atoms with Gasteiger partial charge in [-0.1, -0.05) is 12.1 Å². The molecule has 0 aliphatic carbocycles. The zero-order valence-corrected chi connectivity index (χ0v) is 10.4. The first-order valence-electron chi connectivity index (χ1n) is 6.25.